The van der Waals surface area contributed by atoms with Crippen LogP contribution in [0.15, 0.2) is 24.3 Å². The van der Waals surface area contributed by atoms with Gasteiger partial charge in [-0.2, -0.15) is 0 Å². The average Bonchev–Trinajstić information content (AvgIpc) is 3.30. The Morgan fingerprint density at radius 1 is 1.11 bits per heavy atom. The second-order valence-electron chi connectivity index (χ2n) is 9.00. The maximum atomic E-state index is 13.0. The Morgan fingerprint density at radius 3 is 2.43 bits per heavy atom. The van der Waals surface area contributed by atoms with Crippen LogP contribution in [-0.2, 0) is 25.6 Å². The van der Waals surface area contributed by atoms with Crippen LogP contribution in [0.1, 0.15) is 37.7 Å². The molecule has 35 heavy (non-hydrogen) atoms. The van der Waals surface area contributed by atoms with Gasteiger partial charge in [-0.25, -0.2) is 4.79 Å². The number of carbonyl (C=O) groups is 4. The van der Waals surface area contributed by atoms with Gasteiger partial charge in [-0.3, -0.25) is 14.4 Å². The standard InChI is InChI=1S/C23H32N4O6S2/c24-16(11-14-3-5-15(28)6-4-14)19(29)26-17-12-34-35-13-18(21(31)32)27-22(33)23(7-1-2-8-23)9-10-25-20(17)30/h3-6,16-18,28H,1-2,7-13,24H2,(H,25,30)(H,26,29)(H,27,33)(H,31,32)/t16-,17-,18-/m0/s1. The van der Waals surface area contributed by atoms with Crippen molar-refractivity contribution in [2.45, 2.75) is 56.7 Å². The molecular weight excluding hydrogens is 492 g/mol. The Balaban J connectivity index is 1.67. The number of benzene rings is 1. The minimum absolute atomic E-state index is 0.114. The summed E-state index contributed by atoms with van der Waals surface area (Å²) in [6.45, 7) is 0.244. The fourth-order valence-electron chi connectivity index (χ4n) is 4.35. The lowest BCUT2D eigenvalue weighted by molar-refractivity contribution is -0.143. The first-order valence-electron chi connectivity index (χ1n) is 11.6. The summed E-state index contributed by atoms with van der Waals surface area (Å²) in [5, 5.41) is 27.2. The van der Waals surface area contributed by atoms with Crippen LogP contribution in [-0.4, -0.2) is 70.1 Å². The third kappa shape index (κ3) is 7.52. The number of carboxylic acids is 1. The van der Waals surface area contributed by atoms with Crippen molar-refractivity contribution in [2.75, 3.05) is 18.1 Å². The van der Waals surface area contributed by atoms with Crippen LogP contribution in [0.2, 0.25) is 0 Å². The number of carboxylic acid groups (broad SMARTS) is 1. The zero-order valence-electron chi connectivity index (χ0n) is 19.3. The van der Waals surface area contributed by atoms with E-state index in [9.17, 15) is 29.4 Å². The number of rotatable bonds is 5. The van der Waals surface area contributed by atoms with Gasteiger partial charge in [0.25, 0.3) is 0 Å². The van der Waals surface area contributed by atoms with E-state index in [1.165, 1.54) is 33.7 Å². The molecule has 1 heterocycles. The number of carbonyl (C=O) groups excluding carboxylic acids is 3. The molecule has 3 atom stereocenters. The highest BCUT2D eigenvalue weighted by atomic mass is 33.1. The van der Waals surface area contributed by atoms with E-state index >= 15 is 0 Å². The van der Waals surface area contributed by atoms with Gasteiger partial charge in [-0.15, -0.1) is 0 Å². The number of hydrogen-bond acceptors (Lipinski definition) is 8. The molecule has 0 bridgehead atoms. The molecule has 0 unspecified atom stereocenters. The molecule has 1 spiro atoms. The molecule has 2 aliphatic rings. The third-order valence-electron chi connectivity index (χ3n) is 6.46. The van der Waals surface area contributed by atoms with Crippen molar-refractivity contribution in [3.8, 4) is 5.75 Å². The van der Waals surface area contributed by atoms with Crippen LogP contribution in [0, 0.1) is 5.41 Å². The fourth-order valence-corrected chi connectivity index (χ4v) is 6.67. The number of hydrogen-bond donors (Lipinski definition) is 6. The SMILES string of the molecule is N[C@@H](Cc1ccc(O)cc1)C(=O)N[C@H]1CSSC[C@@H](C(=O)O)NC(=O)C2(CCCC2)CCNC1=O. The molecule has 1 saturated carbocycles. The van der Waals surface area contributed by atoms with Gasteiger partial charge in [0.05, 0.1) is 11.5 Å². The van der Waals surface area contributed by atoms with Crippen LogP contribution in [0.5, 0.6) is 5.75 Å². The van der Waals surface area contributed by atoms with Crippen LogP contribution >= 0.6 is 21.6 Å². The minimum atomic E-state index is -1.10. The number of aromatic hydroxyl groups is 1. The molecular formula is C23H32N4O6S2. The molecule has 12 heteroatoms. The van der Waals surface area contributed by atoms with Crippen LogP contribution in [0.4, 0.5) is 0 Å². The predicted octanol–water partition coefficient (Wildman–Crippen LogP) is 0.778. The first-order chi connectivity index (χ1) is 16.7. The Hall–Kier alpha value is -2.44. The number of phenolic OH excluding ortho intramolecular Hbond substituents is 1. The highest BCUT2D eigenvalue weighted by molar-refractivity contribution is 8.76. The Bertz CT molecular complexity index is 923. The van der Waals surface area contributed by atoms with Gasteiger partial charge in [0.15, 0.2) is 0 Å². The molecule has 1 aliphatic heterocycles. The monoisotopic (exact) mass is 524 g/mol. The number of phenols is 1. The fraction of sp³-hybridized carbons (Fsp3) is 0.565. The summed E-state index contributed by atoms with van der Waals surface area (Å²) >= 11 is 0. The van der Waals surface area contributed by atoms with E-state index < -0.39 is 35.4 Å². The van der Waals surface area contributed by atoms with E-state index in [2.05, 4.69) is 16.0 Å². The van der Waals surface area contributed by atoms with Gasteiger partial charge < -0.3 is 31.9 Å². The molecule has 0 aromatic heterocycles. The molecule has 192 valence electrons. The maximum absolute atomic E-state index is 13.0. The molecule has 1 aromatic rings. The largest absolute Gasteiger partial charge is 0.508 e. The molecule has 0 radical (unpaired) electrons. The second kappa shape index (κ2) is 12.5. The van der Waals surface area contributed by atoms with Crippen LogP contribution in [0.25, 0.3) is 0 Å². The Kier molecular flexibility index (Phi) is 9.70. The van der Waals surface area contributed by atoms with Gasteiger partial charge in [-0.1, -0.05) is 46.6 Å². The van der Waals surface area contributed by atoms with Crippen molar-refractivity contribution in [3.05, 3.63) is 29.8 Å². The van der Waals surface area contributed by atoms with Crippen LogP contribution in [0.3, 0.4) is 0 Å². The van der Waals surface area contributed by atoms with Gasteiger partial charge in [0, 0.05) is 18.1 Å². The number of nitrogens with one attached hydrogen (secondary N) is 3. The minimum Gasteiger partial charge on any atom is -0.508 e. The van der Waals surface area contributed by atoms with E-state index in [1.54, 1.807) is 12.1 Å². The van der Waals surface area contributed by atoms with Crippen molar-refractivity contribution in [3.63, 3.8) is 0 Å². The van der Waals surface area contributed by atoms with E-state index in [1.807, 2.05) is 0 Å². The van der Waals surface area contributed by atoms with Crippen LogP contribution < -0.4 is 21.7 Å². The summed E-state index contributed by atoms with van der Waals surface area (Å²) < 4.78 is 0. The van der Waals surface area contributed by atoms with Gasteiger partial charge >= 0.3 is 5.97 Å². The summed E-state index contributed by atoms with van der Waals surface area (Å²) in [6.07, 6.45) is 3.68. The molecule has 2 fully saturated rings. The van der Waals surface area contributed by atoms with Crippen molar-refractivity contribution < 1.29 is 29.4 Å². The predicted molar refractivity (Wildman–Crippen MR) is 135 cm³/mol. The smallest absolute Gasteiger partial charge is 0.327 e. The van der Waals surface area contributed by atoms with E-state index in [-0.39, 0.29) is 42.0 Å². The van der Waals surface area contributed by atoms with E-state index in [0.717, 1.165) is 18.4 Å². The third-order valence-corrected chi connectivity index (χ3v) is 8.88. The first-order valence-corrected chi connectivity index (χ1v) is 14.1. The zero-order chi connectivity index (χ0) is 25.4. The molecule has 1 aromatic carbocycles. The van der Waals surface area contributed by atoms with Crippen molar-refractivity contribution in [2.24, 2.45) is 11.1 Å². The quantitative estimate of drug-likeness (QED) is 0.305. The zero-order valence-corrected chi connectivity index (χ0v) is 21.0. The van der Waals surface area contributed by atoms with Crippen molar-refractivity contribution >= 4 is 45.3 Å². The number of nitrogens with two attached hydrogens (primary N) is 1. The lowest BCUT2D eigenvalue weighted by Crippen LogP contribution is -2.53. The molecule has 1 saturated heterocycles. The number of amides is 3. The summed E-state index contributed by atoms with van der Waals surface area (Å²) in [5.41, 5.74) is 6.13. The van der Waals surface area contributed by atoms with Gasteiger partial charge in [0.1, 0.15) is 17.8 Å². The van der Waals surface area contributed by atoms with E-state index in [0.29, 0.717) is 19.3 Å². The van der Waals surface area contributed by atoms with Crippen molar-refractivity contribution in [1.82, 2.24) is 16.0 Å². The summed E-state index contributed by atoms with van der Waals surface area (Å²) in [5.74, 6) is -1.78. The highest BCUT2D eigenvalue weighted by Crippen LogP contribution is 2.41. The molecule has 7 N–H and O–H groups in total. The Labute approximate surface area is 211 Å². The summed E-state index contributed by atoms with van der Waals surface area (Å²) in [6, 6.07) is 3.58. The maximum Gasteiger partial charge on any atom is 0.327 e. The second-order valence-corrected chi connectivity index (χ2v) is 11.6. The molecule has 3 amide bonds. The van der Waals surface area contributed by atoms with Gasteiger partial charge in [-0.05, 0) is 43.4 Å². The molecule has 3 rings (SSSR count). The number of aliphatic carboxylic acids is 1. The summed E-state index contributed by atoms with van der Waals surface area (Å²) in [7, 11) is 2.47. The highest BCUT2D eigenvalue weighted by Gasteiger charge is 2.42. The first kappa shape index (κ1) is 27.2. The van der Waals surface area contributed by atoms with Gasteiger partial charge in [0.2, 0.25) is 17.7 Å². The normalized spacial score (nSPS) is 24.3. The topological polar surface area (TPSA) is 171 Å². The van der Waals surface area contributed by atoms with E-state index in [4.69, 9.17) is 5.73 Å². The Morgan fingerprint density at radius 2 is 1.77 bits per heavy atom. The molecule has 10 nitrogen and oxygen atoms in total. The van der Waals surface area contributed by atoms with Crippen molar-refractivity contribution in [1.29, 1.82) is 0 Å². The lowest BCUT2D eigenvalue weighted by atomic mass is 9.81. The molecule has 1 aliphatic carbocycles. The summed E-state index contributed by atoms with van der Waals surface area (Å²) in [4.78, 5) is 50.4. The average molecular weight is 525 g/mol. The lowest BCUT2D eigenvalue weighted by Gasteiger charge is -2.29.